The van der Waals surface area contributed by atoms with Crippen LogP contribution in [0.3, 0.4) is 0 Å². The van der Waals surface area contributed by atoms with Crippen molar-refractivity contribution in [3.63, 3.8) is 0 Å². The van der Waals surface area contributed by atoms with E-state index in [0.717, 1.165) is 6.54 Å². The number of rotatable bonds is 5. The highest BCUT2D eigenvalue weighted by Gasteiger charge is 2.26. The first-order chi connectivity index (χ1) is 8.89. The molecule has 0 atom stereocenters. The largest absolute Gasteiger partial charge is 0.447 e. The molecule has 0 aliphatic heterocycles. The van der Waals surface area contributed by atoms with Gasteiger partial charge < -0.3 is 9.73 Å². The summed E-state index contributed by atoms with van der Waals surface area (Å²) in [6.45, 7) is 3.76. The van der Waals surface area contributed by atoms with Crippen LogP contribution in [0.2, 0.25) is 0 Å². The SMILES string of the molecule is CC1(CNCc2ccc(S(N)(=O)=O)o2)CCCCC1. The zero-order valence-corrected chi connectivity index (χ0v) is 12.1. The molecule has 1 aliphatic rings. The van der Waals surface area contributed by atoms with E-state index in [9.17, 15) is 8.42 Å². The molecule has 108 valence electrons. The summed E-state index contributed by atoms with van der Waals surface area (Å²) in [5, 5.41) is 8.17. The number of hydrogen-bond acceptors (Lipinski definition) is 4. The van der Waals surface area contributed by atoms with Gasteiger partial charge in [-0.25, -0.2) is 13.6 Å². The van der Waals surface area contributed by atoms with Gasteiger partial charge in [0.15, 0.2) is 0 Å². The average molecular weight is 286 g/mol. The second kappa shape index (κ2) is 5.64. The van der Waals surface area contributed by atoms with E-state index in [-0.39, 0.29) is 5.09 Å². The van der Waals surface area contributed by atoms with Crippen molar-refractivity contribution in [2.45, 2.75) is 50.7 Å². The summed E-state index contributed by atoms with van der Waals surface area (Å²) in [6, 6.07) is 3.05. The van der Waals surface area contributed by atoms with E-state index in [1.54, 1.807) is 6.07 Å². The van der Waals surface area contributed by atoms with E-state index in [4.69, 9.17) is 9.56 Å². The molecule has 0 unspecified atom stereocenters. The Bertz CT molecular complexity index is 516. The second-order valence-electron chi connectivity index (χ2n) is 5.74. The summed E-state index contributed by atoms with van der Waals surface area (Å²) < 4.78 is 27.4. The summed E-state index contributed by atoms with van der Waals surface area (Å²) >= 11 is 0. The summed E-state index contributed by atoms with van der Waals surface area (Å²) in [4.78, 5) is 0. The molecule has 3 N–H and O–H groups in total. The Balaban J connectivity index is 1.84. The topological polar surface area (TPSA) is 85.3 Å². The zero-order chi connectivity index (χ0) is 13.9. The molecule has 1 saturated carbocycles. The van der Waals surface area contributed by atoms with Crippen molar-refractivity contribution in [2.75, 3.05) is 6.54 Å². The Hall–Kier alpha value is -0.850. The smallest absolute Gasteiger partial charge is 0.271 e. The van der Waals surface area contributed by atoms with E-state index in [0.29, 0.717) is 17.7 Å². The van der Waals surface area contributed by atoms with E-state index >= 15 is 0 Å². The van der Waals surface area contributed by atoms with Gasteiger partial charge in [-0.2, -0.15) is 0 Å². The third-order valence-corrected chi connectivity index (χ3v) is 4.61. The van der Waals surface area contributed by atoms with Crippen molar-refractivity contribution >= 4 is 10.0 Å². The maximum Gasteiger partial charge on any atom is 0.271 e. The molecule has 1 aromatic rings. The third-order valence-electron chi connectivity index (χ3n) is 3.83. The van der Waals surface area contributed by atoms with Crippen LogP contribution in [-0.4, -0.2) is 15.0 Å². The monoisotopic (exact) mass is 286 g/mol. The van der Waals surface area contributed by atoms with Crippen molar-refractivity contribution in [3.8, 4) is 0 Å². The molecule has 1 aliphatic carbocycles. The Morgan fingerprint density at radius 1 is 1.32 bits per heavy atom. The van der Waals surface area contributed by atoms with E-state index in [1.165, 1.54) is 38.2 Å². The molecule has 0 bridgehead atoms. The number of nitrogens with one attached hydrogen (secondary N) is 1. The van der Waals surface area contributed by atoms with Gasteiger partial charge in [-0.05, 0) is 30.4 Å². The van der Waals surface area contributed by atoms with Gasteiger partial charge in [0.25, 0.3) is 10.0 Å². The molecule has 1 fully saturated rings. The minimum Gasteiger partial charge on any atom is -0.447 e. The van der Waals surface area contributed by atoms with Gasteiger partial charge in [-0.15, -0.1) is 0 Å². The van der Waals surface area contributed by atoms with Crippen molar-refractivity contribution < 1.29 is 12.8 Å². The normalized spacial score (nSPS) is 19.5. The van der Waals surface area contributed by atoms with Crippen LogP contribution in [0.15, 0.2) is 21.6 Å². The van der Waals surface area contributed by atoms with Gasteiger partial charge >= 0.3 is 0 Å². The lowest BCUT2D eigenvalue weighted by atomic mass is 9.76. The molecular weight excluding hydrogens is 264 g/mol. The van der Waals surface area contributed by atoms with Crippen molar-refractivity contribution in [2.24, 2.45) is 10.6 Å². The Morgan fingerprint density at radius 2 is 2.00 bits per heavy atom. The van der Waals surface area contributed by atoms with E-state index < -0.39 is 10.0 Å². The molecule has 1 heterocycles. The first-order valence-electron chi connectivity index (χ1n) is 6.71. The molecule has 0 saturated heterocycles. The van der Waals surface area contributed by atoms with Crippen LogP contribution in [0.4, 0.5) is 0 Å². The van der Waals surface area contributed by atoms with Crippen LogP contribution in [0, 0.1) is 5.41 Å². The number of furan rings is 1. The molecule has 0 amide bonds. The number of hydrogen-bond donors (Lipinski definition) is 2. The highest BCUT2D eigenvalue weighted by Crippen LogP contribution is 2.34. The minimum absolute atomic E-state index is 0.173. The average Bonchev–Trinajstić information content (AvgIpc) is 2.78. The first kappa shape index (κ1) is 14.6. The van der Waals surface area contributed by atoms with Gasteiger partial charge in [0.2, 0.25) is 5.09 Å². The van der Waals surface area contributed by atoms with Gasteiger partial charge in [0, 0.05) is 6.54 Å². The van der Waals surface area contributed by atoms with Gasteiger partial charge in [0.1, 0.15) is 5.76 Å². The van der Waals surface area contributed by atoms with Gasteiger partial charge in [-0.1, -0.05) is 26.2 Å². The maximum absolute atomic E-state index is 11.1. The van der Waals surface area contributed by atoms with Gasteiger partial charge in [0.05, 0.1) is 6.54 Å². The molecule has 19 heavy (non-hydrogen) atoms. The van der Waals surface area contributed by atoms with Gasteiger partial charge in [-0.3, -0.25) is 0 Å². The number of primary sulfonamides is 1. The number of nitrogens with two attached hydrogens (primary N) is 1. The lowest BCUT2D eigenvalue weighted by Crippen LogP contribution is -2.33. The first-order valence-corrected chi connectivity index (χ1v) is 8.26. The molecular formula is C13H22N2O3S. The minimum atomic E-state index is -3.73. The lowest BCUT2D eigenvalue weighted by Gasteiger charge is -2.33. The molecule has 2 rings (SSSR count). The molecule has 6 heteroatoms. The molecule has 0 spiro atoms. The van der Waals surface area contributed by atoms with Crippen LogP contribution < -0.4 is 10.5 Å². The summed E-state index contributed by atoms with van der Waals surface area (Å²) in [5.74, 6) is 0.600. The zero-order valence-electron chi connectivity index (χ0n) is 11.3. The Kier molecular flexibility index (Phi) is 4.32. The quantitative estimate of drug-likeness (QED) is 0.866. The maximum atomic E-state index is 11.1. The molecule has 1 aromatic heterocycles. The third kappa shape index (κ3) is 4.06. The Morgan fingerprint density at radius 3 is 2.58 bits per heavy atom. The summed E-state index contributed by atoms with van der Waals surface area (Å²) in [7, 11) is -3.73. The Labute approximate surface area is 114 Å². The van der Waals surface area contributed by atoms with E-state index in [1.807, 2.05) is 0 Å². The second-order valence-corrected chi connectivity index (χ2v) is 7.23. The van der Waals surface area contributed by atoms with Crippen LogP contribution in [-0.2, 0) is 16.6 Å². The highest BCUT2D eigenvalue weighted by molar-refractivity contribution is 7.89. The van der Waals surface area contributed by atoms with Crippen molar-refractivity contribution in [1.82, 2.24) is 5.32 Å². The predicted molar refractivity (Wildman–Crippen MR) is 73.0 cm³/mol. The predicted octanol–water partition coefficient (Wildman–Crippen LogP) is 1.99. The van der Waals surface area contributed by atoms with Crippen LogP contribution in [0.1, 0.15) is 44.8 Å². The molecule has 0 radical (unpaired) electrons. The number of sulfonamides is 1. The van der Waals surface area contributed by atoms with Crippen molar-refractivity contribution in [3.05, 3.63) is 17.9 Å². The fraction of sp³-hybridized carbons (Fsp3) is 0.692. The molecule has 0 aromatic carbocycles. The van der Waals surface area contributed by atoms with Crippen molar-refractivity contribution in [1.29, 1.82) is 0 Å². The fourth-order valence-corrected chi connectivity index (χ4v) is 3.16. The fourth-order valence-electron chi connectivity index (χ4n) is 2.68. The highest BCUT2D eigenvalue weighted by atomic mass is 32.2. The summed E-state index contributed by atoms with van der Waals surface area (Å²) in [5.41, 5.74) is 0.355. The van der Waals surface area contributed by atoms with E-state index in [2.05, 4.69) is 12.2 Å². The van der Waals surface area contributed by atoms with Crippen LogP contribution >= 0.6 is 0 Å². The summed E-state index contributed by atoms with van der Waals surface area (Å²) in [6.07, 6.45) is 6.44. The lowest BCUT2D eigenvalue weighted by molar-refractivity contribution is 0.205. The standard InChI is InChI=1S/C13H22N2O3S/c1-13(7-3-2-4-8-13)10-15-9-11-5-6-12(18-11)19(14,16)17/h5-6,15H,2-4,7-10H2,1H3,(H2,14,16,17). The van der Waals surface area contributed by atoms with Crippen LogP contribution in [0.25, 0.3) is 0 Å². The van der Waals surface area contributed by atoms with Crippen LogP contribution in [0.5, 0.6) is 0 Å². The molecule has 5 nitrogen and oxygen atoms in total.